The molecule has 0 saturated carbocycles. The molecular weight excluding hydrogens is 248 g/mol. The second-order valence-corrected chi connectivity index (χ2v) is 5.19. The van der Waals surface area contributed by atoms with Crippen molar-refractivity contribution in [2.75, 3.05) is 31.7 Å². The van der Waals surface area contributed by atoms with Gasteiger partial charge in [0.1, 0.15) is 5.75 Å². The third kappa shape index (κ3) is 3.29. The Morgan fingerprint density at radius 2 is 2.33 bits per heavy atom. The first kappa shape index (κ1) is 13.0. The van der Waals surface area contributed by atoms with E-state index in [0.717, 1.165) is 35.9 Å². The van der Waals surface area contributed by atoms with Crippen LogP contribution in [0, 0.1) is 0 Å². The molecule has 2 heterocycles. The molecule has 2 rings (SSSR count). The van der Waals surface area contributed by atoms with Crippen molar-refractivity contribution in [1.82, 2.24) is 9.88 Å². The number of methoxy groups -OCH3 is 1. The second-order valence-electron chi connectivity index (χ2n) is 3.96. The quantitative estimate of drug-likeness (QED) is 0.652. The van der Waals surface area contributed by atoms with E-state index in [4.69, 9.17) is 10.5 Å². The van der Waals surface area contributed by atoms with Crippen LogP contribution >= 0.6 is 11.8 Å². The Labute approximate surface area is 111 Å². The van der Waals surface area contributed by atoms with Crippen LogP contribution in [0.5, 0.6) is 5.75 Å². The minimum Gasteiger partial charge on any atom is -0.496 e. The van der Waals surface area contributed by atoms with Crippen LogP contribution in [0.2, 0.25) is 0 Å². The summed E-state index contributed by atoms with van der Waals surface area (Å²) in [4.78, 5) is 10.6. The predicted molar refractivity (Wildman–Crippen MR) is 75.0 cm³/mol. The van der Waals surface area contributed by atoms with E-state index < -0.39 is 0 Å². The summed E-state index contributed by atoms with van der Waals surface area (Å²) in [6.07, 6.45) is 3.47. The van der Waals surface area contributed by atoms with Crippen LogP contribution in [0.4, 0.5) is 0 Å². The van der Waals surface area contributed by atoms with Gasteiger partial charge in [-0.2, -0.15) is 11.8 Å². The molecule has 0 bridgehead atoms. The Hall–Kier alpha value is -1.43. The van der Waals surface area contributed by atoms with Crippen LogP contribution in [-0.2, 0) is 6.54 Å². The minimum atomic E-state index is 0.506. The first-order valence-corrected chi connectivity index (χ1v) is 7.06. The van der Waals surface area contributed by atoms with Crippen LogP contribution < -0.4 is 10.5 Å². The van der Waals surface area contributed by atoms with Crippen molar-refractivity contribution in [3.63, 3.8) is 0 Å². The van der Waals surface area contributed by atoms with E-state index in [1.807, 2.05) is 17.8 Å². The number of pyridine rings is 1. The van der Waals surface area contributed by atoms with Crippen molar-refractivity contribution in [2.45, 2.75) is 6.54 Å². The van der Waals surface area contributed by atoms with E-state index >= 15 is 0 Å². The molecule has 5 nitrogen and oxygen atoms in total. The Bertz CT molecular complexity index is 418. The Morgan fingerprint density at radius 1 is 1.56 bits per heavy atom. The van der Waals surface area contributed by atoms with E-state index in [0.29, 0.717) is 12.5 Å². The maximum atomic E-state index is 5.99. The number of guanidine groups is 1. The predicted octanol–water partition coefficient (Wildman–Crippen LogP) is 0.954. The van der Waals surface area contributed by atoms with Gasteiger partial charge in [-0.3, -0.25) is 4.98 Å². The summed E-state index contributed by atoms with van der Waals surface area (Å²) in [5, 5.41) is 0. The molecule has 1 aliphatic rings. The molecule has 0 radical (unpaired) electrons. The monoisotopic (exact) mass is 266 g/mol. The minimum absolute atomic E-state index is 0.506. The molecule has 6 heteroatoms. The van der Waals surface area contributed by atoms with Crippen LogP contribution in [0.1, 0.15) is 5.56 Å². The van der Waals surface area contributed by atoms with Gasteiger partial charge in [-0.1, -0.05) is 0 Å². The lowest BCUT2D eigenvalue weighted by Crippen LogP contribution is -2.42. The van der Waals surface area contributed by atoms with Crippen LogP contribution in [0.15, 0.2) is 23.5 Å². The van der Waals surface area contributed by atoms with Gasteiger partial charge in [0.05, 0.1) is 13.7 Å². The number of rotatable bonds is 3. The van der Waals surface area contributed by atoms with Crippen molar-refractivity contribution < 1.29 is 4.74 Å². The number of aromatic nitrogens is 1. The molecule has 2 N–H and O–H groups in total. The zero-order valence-corrected chi connectivity index (χ0v) is 11.3. The highest BCUT2D eigenvalue weighted by Gasteiger charge is 2.12. The molecule has 98 valence electrons. The van der Waals surface area contributed by atoms with Gasteiger partial charge in [0.2, 0.25) is 0 Å². The number of ether oxygens (including phenoxy) is 1. The maximum Gasteiger partial charge on any atom is 0.191 e. The third-order valence-corrected chi connectivity index (χ3v) is 3.77. The van der Waals surface area contributed by atoms with Gasteiger partial charge in [0, 0.05) is 42.6 Å². The summed E-state index contributed by atoms with van der Waals surface area (Å²) in [5.74, 6) is 3.65. The molecule has 1 fully saturated rings. The first-order chi connectivity index (χ1) is 8.81. The molecule has 18 heavy (non-hydrogen) atoms. The van der Waals surface area contributed by atoms with Crippen LogP contribution in [-0.4, -0.2) is 47.5 Å². The van der Waals surface area contributed by atoms with Crippen LogP contribution in [0.25, 0.3) is 0 Å². The highest BCUT2D eigenvalue weighted by Crippen LogP contribution is 2.17. The number of hydrogen-bond acceptors (Lipinski definition) is 4. The molecule has 0 aromatic carbocycles. The van der Waals surface area contributed by atoms with Gasteiger partial charge < -0.3 is 15.4 Å². The summed E-state index contributed by atoms with van der Waals surface area (Å²) in [6, 6.07) is 1.83. The molecule has 0 spiro atoms. The molecule has 1 saturated heterocycles. The highest BCUT2D eigenvalue weighted by molar-refractivity contribution is 7.99. The van der Waals surface area contributed by atoms with Crippen molar-refractivity contribution in [3.8, 4) is 5.75 Å². The molecule has 0 aliphatic carbocycles. The van der Waals surface area contributed by atoms with Gasteiger partial charge in [0.25, 0.3) is 0 Å². The van der Waals surface area contributed by atoms with E-state index in [2.05, 4.69) is 14.9 Å². The van der Waals surface area contributed by atoms with Gasteiger partial charge >= 0.3 is 0 Å². The summed E-state index contributed by atoms with van der Waals surface area (Å²) in [6.45, 7) is 2.46. The Morgan fingerprint density at radius 3 is 3.06 bits per heavy atom. The van der Waals surface area contributed by atoms with Gasteiger partial charge in [-0.25, -0.2) is 4.99 Å². The fourth-order valence-corrected chi connectivity index (χ4v) is 2.69. The zero-order chi connectivity index (χ0) is 12.8. The number of aliphatic imine (C=N–C) groups is 1. The standard InChI is InChI=1S/C12H18N4OS/c1-17-11-2-3-14-8-10(11)9-15-12(13)16-4-6-18-7-5-16/h2-3,8H,4-7,9H2,1H3,(H2,13,15). The summed E-state index contributed by atoms with van der Waals surface area (Å²) in [5.41, 5.74) is 6.95. The second kappa shape index (κ2) is 6.49. The average Bonchev–Trinajstić information content (AvgIpc) is 2.46. The van der Waals surface area contributed by atoms with E-state index in [1.165, 1.54) is 0 Å². The molecule has 1 aliphatic heterocycles. The smallest absolute Gasteiger partial charge is 0.191 e. The topological polar surface area (TPSA) is 63.7 Å². The number of hydrogen-bond donors (Lipinski definition) is 1. The lowest BCUT2D eigenvalue weighted by Gasteiger charge is -2.27. The summed E-state index contributed by atoms with van der Waals surface area (Å²) in [7, 11) is 1.65. The summed E-state index contributed by atoms with van der Waals surface area (Å²) >= 11 is 1.95. The largest absolute Gasteiger partial charge is 0.496 e. The van der Waals surface area contributed by atoms with Crippen molar-refractivity contribution in [3.05, 3.63) is 24.0 Å². The van der Waals surface area contributed by atoms with Crippen LogP contribution in [0.3, 0.4) is 0 Å². The van der Waals surface area contributed by atoms with E-state index in [9.17, 15) is 0 Å². The molecule has 0 amide bonds. The third-order valence-electron chi connectivity index (χ3n) is 2.83. The van der Waals surface area contributed by atoms with Gasteiger partial charge in [0.15, 0.2) is 5.96 Å². The Balaban J connectivity index is 2.00. The number of nitrogens with zero attached hydrogens (tertiary/aromatic N) is 3. The Kier molecular flexibility index (Phi) is 4.69. The lowest BCUT2D eigenvalue weighted by molar-refractivity contribution is 0.408. The van der Waals surface area contributed by atoms with Gasteiger partial charge in [-0.15, -0.1) is 0 Å². The lowest BCUT2D eigenvalue weighted by atomic mass is 10.2. The number of nitrogens with two attached hydrogens (primary N) is 1. The molecule has 0 atom stereocenters. The summed E-state index contributed by atoms with van der Waals surface area (Å²) < 4.78 is 5.26. The van der Waals surface area contributed by atoms with Crippen molar-refractivity contribution >= 4 is 17.7 Å². The molecule has 1 aromatic rings. The molecule has 0 unspecified atom stereocenters. The van der Waals surface area contributed by atoms with Crippen molar-refractivity contribution in [1.29, 1.82) is 0 Å². The zero-order valence-electron chi connectivity index (χ0n) is 10.5. The van der Waals surface area contributed by atoms with E-state index in [-0.39, 0.29) is 0 Å². The normalized spacial score (nSPS) is 16.7. The number of thioether (sulfide) groups is 1. The highest BCUT2D eigenvalue weighted by atomic mass is 32.2. The fraction of sp³-hybridized carbons (Fsp3) is 0.500. The average molecular weight is 266 g/mol. The maximum absolute atomic E-state index is 5.99. The SMILES string of the molecule is COc1ccncc1CN=C(N)N1CCSCC1. The molecular formula is C12H18N4OS. The van der Waals surface area contributed by atoms with E-state index in [1.54, 1.807) is 19.5 Å². The molecule has 1 aromatic heterocycles. The first-order valence-electron chi connectivity index (χ1n) is 5.90. The van der Waals surface area contributed by atoms with Crippen molar-refractivity contribution in [2.24, 2.45) is 10.7 Å². The van der Waals surface area contributed by atoms with Gasteiger partial charge in [-0.05, 0) is 6.07 Å². The fourth-order valence-electron chi connectivity index (χ4n) is 1.79.